The zero-order valence-corrected chi connectivity index (χ0v) is 11.0. The number of benzene rings is 1. The molecule has 0 radical (unpaired) electrons. The third-order valence-corrected chi connectivity index (χ3v) is 3.48. The lowest BCUT2D eigenvalue weighted by Crippen LogP contribution is -2.45. The average Bonchev–Trinajstić information content (AvgIpc) is 2.36. The number of halogens is 1. The molecule has 3 N–H and O–H groups in total. The van der Waals surface area contributed by atoms with Crippen molar-refractivity contribution in [1.29, 1.82) is 5.26 Å². The summed E-state index contributed by atoms with van der Waals surface area (Å²) < 4.78 is 0. The quantitative estimate of drug-likeness (QED) is 0.845. The van der Waals surface area contributed by atoms with E-state index < -0.39 is 0 Å². The molecule has 0 aromatic heterocycles. The van der Waals surface area contributed by atoms with Gasteiger partial charge in [-0.25, -0.2) is 0 Å². The van der Waals surface area contributed by atoms with Gasteiger partial charge in [-0.2, -0.15) is 5.26 Å². The SMILES string of the molecule is CCC(N)(CC)CNc1cccc(Cl)c1C#N. The number of nitrogens with one attached hydrogen (secondary N) is 1. The van der Waals surface area contributed by atoms with Crippen LogP contribution in [0.4, 0.5) is 5.69 Å². The Morgan fingerprint density at radius 2 is 2.06 bits per heavy atom. The normalized spacial score (nSPS) is 11.0. The largest absolute Gasteiger partial charge is 0.382 e. The monoisotopic (exact) mass is 251 g/mol. The molecule has 0 amide bonds. The first-order valence-corrected chi connectivity index (χ1v) is 6.15. The van der Waals surface area contributed by atoms with Crippen LogP contribution in [0, 0.1) is 11.3 Å². The summed E-state index contributed by atoms with van der Waals surface area (Å²) >= 11 is 5.95. The highest BCUT2D eigenvalue weighted by Gasteiger charge is 2.20. The highest BCUT2D eigenvalue weighted by atomic mass is 35.5. The van der Waals surface area contributed by atoms with E-state index in [9.17, 15) is 0 Å². The lowest BCUT2D eigenvalue weighted by molar-refractivity contribution is 0.418. The van der Waals surface area contributed by atoms with Crippen molar-refractivity contribution in [2.24, 2.45) is 5.73 Å². The Morgan fingerprint density at radius 3 is 2.59 bits per heavy atom. The van der Waals surface area contributed by atoms with Crippen LogP contribution >= 0.6 is 11.6 Å². The first kappa shape index (κ1) is 13.8. The summed E-state index contributed by atoms with van der Waals surface area (Å²) in [6, 6.07) is 7.47. The predicted octanol–water partition coefficient (Wildman–Crippen LogP) is 3.14. The molecule has 4 heteroatoms. The first-order chi connectivity index (χ1) is 8.06. The van der Waals surface area contributed by atoms with Gasteiger partial charge in [-0.15, -0.1) is 0 Å². The van der Waals surface area contributed by atoms with Crippen LogP contribution in [0.5, 0.6) is 0 Å². The van der Waals surface area contributed by atoms with Gasteiger partial charge in [0.15, 0.2) is 0 Å². The zero-order valence-electron chi connectivity index (χ0n) is 10.3. The summed E-state index contributed by atoms with van der Waals surface area (Å²) in [5.41, 5.74) is 7.18. The molecule has 0 saturated heterocycles. The third-order valence-electron chi connectivity index (χ3n) is 3.16. The number of nitrogens with zero attached hydrogens (tertiary/aromatic N) is 1. The van der Waals surface area contributed by atoms with Crippen molar-refractivity contribution >= 4 is 17.3 Å². The van der Waals surface area contributed by atoms with E-state index in [1.807, 2.05) is 12.1 Å². The van der Waals surface area contributed by atoms with Crippen LogP contribution in [0.15, 0.2) is 18.2 Å². The molecule has 0 aliphatic carbocycles. The number of hydrogen-bond donors (Lipinski definition) is 2. The van der Waals surface area contributed by atoms with E-state index in [1.54, 1.807) is 6.07 Å². The summed E-state index contributed by atoms with van der Waals surface area (Å²) in [6.07, 6.45) is 1.78. The highest BCUT2D eigenvalue weighted by molar-refractivity contribution is 6.32. The molecular weight excluding hydrogens is 234 g/mol. The Balaban J connectivity index is 2.83. The fraction of sp³-hybridized carbons (Fsp3) is 0.462. The molecule has 0 aliphatic heterocycles. The fourth-order valence-electron chi connectivity index (χ4n) is 1.56. The minimum atomic E-state index is -0.241. The number of nitriles is 1. The van der Waals surface area contributed by atoms with Crippen molar-refractivity contribution in [3.05, 3.63) is 28.8 Å². The van der Waals surface area contributed by atoms with Crippen molar-refractivity contribution < 1.29 is 0 Å². The van der Waals surface area contributed by atoms with Crippen LogP contribution in [0.2, 0.25) is 5.02 Å². The maximum atomic E-state index is 9.04. The van der Waals surface area contributed by atoms with Gasteiger partial charge in [-0.1, -0.05) is 31.5 Å². The second-order valence-electron chi connectivity index (χ2n) is 4.20. The molecule has 1 rings (SSSR count). The summed E-state index contributed by atoms with van der Waals surface area (Å²) in [7, 11) is 0. The van der Waals surface area contributed by atoms with Gasteiger partial charge in [0.2, 0.25) is 0 Å². The van der Waals surface area contributed by atoms with Gasteiger partial charge in [0, 0.05) is 12.1 Å². The second-order valence-corrected chi connectivity index (χ2v) is 4.60. The van der Waals surface area contributed by atoms with Crippen LogP contribution in [0.25, 0.3) is 0 Å². The van der Waals surface area contributed by atoms with Crippen LogP contribution in [-0.2, 0) is 0 Å². The van der Waals surface area contributed by atoms with Crippen molar-refractivity contribution in [2.45, 2.75) is 32.2 Å². The van der Waals surface area contributed by atoms with Gasteiger partial charge in [-0.3, -0.25) is 0 Å². The smallest absolute Gasteiger partial charge is 0.103 e. The Hall–Kier alpha value is -1.24. The van der Waals surface area contributed by atoms with E-state index in [0.717, 1.165) is 18.5 Å². The molecule has 0 bridgehead atoms. The number of rotatable bonds is 5. The van der Waals surface area contributed by atoms with Gasteiger partial charge >= 0.3 is 0 Å². The van der Waals surface area contributed by atoms with E-state index in [2.05, 4.69) is 25.2 Å². The number of anilines is 1. The van der Waals surface area contributed by atoms with Gasteiger partial charge < -0.3 is 11.1 Å². The molecule has 0 heterocycles. The van der Waals surface area contributed by atoms with E-state index >= 15 is 0 Å². The fourth-order valence-corrected chi connectivity index (χ4v) is 1.77. The Kier molecular flexibility index (Phi) is 4.80. The third kappa shape index (κ3) is 3.36. The molecule has 0 fully saturated rings. The molecule has 0 atom stereocenters. The van der Waals surface area contributed by atoms with Crippen molar-refractivity contribution in [3.63, 3.8) is 0 Å². The molecule has 1 aromatic carbocycles. The molecule has 3 nitrogen and oxygen atoms in total. The molecule has 0 unspecified atom stereocenters. The number of hydrogen-bond acceptors (Lipinski definition) is 3. The van der Waals surface area contributed by atoms with Crippen LogP contribution < -0.4 is 11.1 Å². The Morgan fingerprint density at radius 1 is 1.41 bits per heavy atom. The van der Waals surface area contributed by atoms with Crippen molar-refractivity contribution in [3.8, 4) is 6.07 Å². The highest BCUT2D eigenvalue weighted by Crippen LogP contribution is 2.24. The zero-order chi connectivity index (χ0) is 12.9. The van der Waals surface area contributed by atoms with E-state index in [4.69, 9.17) is 22.6 Å². The lowest BCUT2D eigenvalue weighted by atomic mass is 9.94. The van der Waals surface area contributed by atoms with Crippen LogP contribution in [-0.4, -0.2) is 12.1 Å². The number of nitrogens with two attached hydrogens (primary N) is 1. The standard InChI is InChI=1S/C13H18ClN3/c1-3-13(16,4-2)9-17-12-7-5-6-11(14)10(12)8-15/h5-7,17H,3-4,9,16H2,1-2H3. The first-order valence-electron chi connectivity index (χ1n) is 5.77. The molecule has 0 saturated carbocycles. The van der Waals surface area contributed by atoms with E-state index in [1.165, 1.54) is 0 Å². The molecule has 0 spiro atoms. The van der Waals surface area contributed by atoms with Crippen LogP contribution in [0.3, 0.4) is 0 Å². The summed E-state index contributed by atoms with van der Waals surface area (Å²) in [6.45, 7) is 4.76. The minimum Gasteiger partial charge on any atom is -0.382 e. The summed E-state index contributed by atoms with van der Waals surface area (Å²) in [5, 5.41) is 12.7. The minimum absolute atomic E-state index is 0.241. The molecule has 17 heavy (non-hydrogen) atoms. The van der Waals surface area contributed by atoms with E-state index in [0.29, 0.717) is 17.1 Å². The Labute approximate surface area is 108 Å². The van der Waals surface area contributed by atoms with Gasteiger partial charge in [0.25, 0.3) is 0 Å². The Bertz CT molecular complexity index is 419. The van der Waals surface area contributed by atoms with E-state index in [-0.39, 0.29) is 5.54 Å². The molecule has 1 aromatic rings. The maximum Gasteiger partial charge on any atom is 0.103 e. The van der Waals surface area contributed by atoms with Crippen LogP contribution in [0.1, 0.15) is 32.3 Å². The van der Waals surface area contributed by atoms with Gasteiger partial charge in [-0.05, 0) is 25.0 Å². The topological polar surface area (TPSA) is 61.8 Å². The van der Waals surface area contributed by atoms with Crippen molar-refractivity contribution in [2.75, 3.05) is 11.9 Å². The predicted molar refractivity (Wildman–Crippen MR) is 72.2 cm³/mol. The lowest BCUT2D eigenvalue weighted by Gasteiger charge is -2.27. The second kappa shape index (κ2) is 5.90. The molecular formula is C13H18ClN3. The summed E-state index contributed by atoms with van der Waals surface area (Å²) in [4.78, 5) is 0. The van der Waals surface area contributed by atoms with Gasteiger partial charge in [0.1, 0.15) is 6.07 Å². The molecule has 0 aliphatic rings. The van der Waals surface area contributed by atoms with Crippen molar-refractivity contribution in [1.82, 2.24) is 0 Å². The summed E-state index contributed by atoms with van der Waals surface area (Å²) in [5.74, 6) is 0. The maximum absolute atomic E-state index is 9.04. The van der Waals surface area contributed by atoms with Gasteiger partial charge in [0.05, 0.1) is 16.3 Å². The average molecular weight is 252 g/mol. The molecule has 92 valence electrons.